The van der Waals surface area contributed by atoms with E-state index in [-0.39, 0.29) is 0 Å². The van der Waals surface area contributed by atoms with Crippen LogP contribution in [0.5, 0.6) is 5.75 Å². The molecule has 1 aromatic carbocycles. The molecule has 2 N–H and O–H groups in total. The average Bonchev–Trinajstić information content (AvgIpc) is 2.35. The van der Waals surface area contributed by atoms with E-state index in [9.17, 15) is 0 Å². The average molecular weight is 238 g/mol. The maximum Gasteiger partial charge on any atom is 0.119 e. The van der Waals surface area contributed by atoms with Crippen LogP contribution in [-0.2, 0) is 4.84 Å². The van der Waals surface area contributed by atoms with Gasteiger partial charge in [-0.05, 0) is 37.1 Å². The third kappa shape index (κ3) is 5.56. The standard InChI is InChI=1S/C13H22N2O2/c1-3-9-15(16-2)10-4-11-17-13-7-5-12(14)6-8-13/h5-8H,3-4,9-11,14H2,1-2H3. The van der Waals surface area contributed by atoms with Crippen molar-refractivity contribution in [3.05, 3.63) is 24.3 Å². The zero-order chi connectivity index (χ0) is 12.5. The zero-order valence-corrected chi connectivity index (χ0v) is 10.7. The summed E-state index contributed by atoms with van der Waals surface area (Å²) in [5, 5.41) is 1.95. The van der Waals surface area contributed by atoms with Crippen molar-refractivity contribution in [2.24, 2.45) is 0 Å². The third-order valence-corrected chi connectivity index (χ3v) is 2.43. The number of hydrogen-bond acceptors (Lipinski definition) is 4. The molecule has 1 rings (SSSR count). The molecular weight excluding hydrogens is 216 g/mol. The molecule has 0 saturated heterocycles. The summed E-state index contributed by atoms with van der Waals surface area (Å²) < 4.78 is 5.60. The molecule has 0 aliphatic carbocycles. The second kappa shape index (κ2) is 7.92. The summed E-state index contributed by atoms with van der Waals surface area (Å²) >= 11 is 0. The van der Waals surface area contributed by atoms with E-state index in [1.54, 1.807) is 7.11 Å². The Balaban J connectivity index is 2.17. The Morgan fingerprint density at radius 1 is 1.18 bits per heavy atom. The number of nitrogens with two attached hydrogens (primary N) is 1. The predicted octanol–water partition coefficient (Wildman–Crippen LogP) is 2.31. The minimum atomic E-state index is 0.688. The summed E-state index contributed by atoms with van der Waals surface area (Å²) in [6, 6.07) is 7.45. The molecule has 0 bridgehead atoms. The van der Waals surface area contributed by atoms with Crippen molar-refractivity contribution in [1.29, 1.82) is 0 Å². The molecule has 4 nitrogen and oxygen atoms in total. The van der Waals surface area contributed by atoms with Crippen LogP contribution in [-0.4, -0.2) is 31.9 Å². The lowest BCUT2D eigenvalue weighted by Crippen LogP contribution is -2.25. The molecule has 1 aromatic rings. The number of hydrogen-bond donors (Lipinski definition) is 1. The molecule has 0 aromatic heterocycles. The smallest absolute Gasteiger partial charge is 0.119 e. The molecule has 4 heteroatoms. The SMILES string of the molecule is CCCN(CCCOc1ccc(N)cc1)OC. The van der Waals surface area contributed by atoms with Gasteiger partial charge in [-0.2, -0.15) is 5.06 Å². The Labute approximate surface area is 103 Å². The molecule has 0 atom stereocenters. The van der Waals surface area contributed by atoms with Gasteiger partial charge in [0.05, 0.1) is 13.7 Å². The van der Waals surface area contributed by atoms with E-state index >= 15 is 0 Å². The third-order valence-electron chi connectivity index (χ3n) is 2.43. The van der Waals surface area contributed by atoms with Gasteiger partial charge in [-0.25, -0.2) is 0 Å². The molecule has 96 valence electrons. The lowest BCUT2D eigenvalue weighted by Gasteiger charge is -2.18. The molecule has 0 heterocycles. The van der Waals surface area contributed by atoms with Crippen LogP contribution < -0.4 is 10.5 Å². The highest BCUT2D eigenvalue weighted by Gasteiger charge is 2.01. The predicted molar refractivity (Wildman–Crippen MR) is 69.8 cm³/mol. The molecule has 0 spiro atoms. The fourth-order valence-corrected chi connectivity index (χ4v) is 1.54. The van der Waals surface area contributed by atoms with Crippen LogP contribution in [0, 0.1) is 0 Å². The van der Waals surface area contributed by atoms with Gasteiger partial charge in [0.1, 0.15) is 5.75 Å². The van der Waals surface area contributed by atoms with Gasteiger partial charge in [-0.15, -0.1) is 0 Å². The van der Waals surface area contributed by atoms with Gasteiger partial charge < -0.3 is 15.3 Å². The Hall–Kier alpha value is -1.26. The number of hydroxylamine groups is 2. The highest BCUT2D eigenvalue weighted by atomic mass is 16.7. The molecule has 0 saturated carbocycles. The van der Waals surface area contributed by atoms with Crippen LogP contribution >= 0.6 is 0 Å². The monoisotopic (exact) mass is 238 g/mol. The summed E-state index contributed by atoms with van der Waals surface area (Å²) in [6.07, 6.45) is 2.03. The van der Waals surface area contributed by atoms with Crippen molar-refractivity contribution < 1.29 is 9.57 Å². The topological polar surface area (TPSA) is 47.7 Å². The van der Waals surface area contributed by atoms with Crippen LogP contribution in [0.25, 0.3) is 0 Å². The second-order valence-electron chi connectivity index (χ2n) is 3.88. The van der Waals surface area contributed by atoms with Gasteiger partial charge in [0.2, 0.25) is 0 Å². The first-order chi connectivity index (χ1) is 8.26. The summed E-state index contributed by atoms with van der Waals surface area (Å²) in [5.74, 6) is 0.860. The van der Waals surface area contributed by atoms with Crippen LogP contribution in [0.15, 0.2) is 24.3 Å². The fourth-order valence-electron chi connectivity index (χ4n) is 1.54. The van der Waals surface area contributed by atoms with E-state index in [2.05, 4.69) is 6.92 Å². The highest BCUT2D eigenvalue weighted by molar-refractivity contribution is 5.41. The van der Waals surface area contributed by atoms with E-state index in [1.807, 2.05) is 29.3 Å². The van der Waals surface area contributed by atoms with E-state index in [4.69, 9.17) is 15.3 Å². The second-order valence-corrected chi connectivity index (χ2v) is 3.88. The van der Waals surface area contributed by atoms with Crippen LogP contribution in [0.1, 0.15) is 19.8 Å². The van der Waals surface area contributed by atoms with Crippen LogP contribution in [0.3, 0.4) is 0 Å². The molecular formula is C13H22N2O2. The Morgan fingerprint density at radius 3 is 2.47 bits per heavy atom. The fraction of sp³-hybridized carbons (Fsp3) is 0.538. The number of nitrogen functional groups attached to an aromatic ring is 1. The molecule has 0 aliphatic rings. The zero-order valence-electron chi connectivity index (χ0n) is 10.7. The lowest BCUT2D eigenvalue weighted by molar-refractivity contribution is -0.132. The summed E-state index contributed by atoms with van der Waals surface area (Å²) in [5.41, 5.74) is 6.35. The molecule has 0 fully saturated rings. The first-order valence-electron chi connectivity index (χ1n) is 6.03. The van der Waals surface area contributed by atoms with E-state index in [1.165, 1.54) is 0 Å². The number of ether oxygens (including phenoxy) is 1. The van der Waals surface area contributed by atoms with Gasteiger partial charge in [0.15, 0.2) is 0 Å². The van der Waals surface area contributed by atoms with Crippen molar-refractivity contribution in [3.8, 4) is 5.75 Å². The van der Waals surface area contributed by atoms with Gasteiger partial charge >= 0.3 is 0 Å². The largest absolute Gasteiger partial charge is 0.494 e. The molecule has 0 amide bonds. The van der Waals surface area contributed by atoms with E-state index in [0.29, 0.717) is 6.61 Å². The maximum atomic E-state index is 5.60. The van der Waals surface area contributed by atoms with Gasteiger partial charge in [0.25, 0.3) is 0 Å². The Morgan fingerprint density at radius 2 is 1.88 bits per heavy atom. The minimum absolute atomic E-state index is 0.688. The summed E-state index contributed by atoms with van der Waals surface area (Å²) in [7, 11) is 1.70. The van der Waals surface area contributed by atoms with Crippen LogP contribution in [0.4, 0.5) is 5.69 Å². The Kier molecular flexibility index (Phi) is 6.43. The Bertz CT molecular complexity index is 301. The molecule has 0 unspecified atom stereocenters. The van der Waals surface area contributed by atoms with E-state index < -0.39 is 0 Å². The minimum Gasteiger partial charge on any atom is -0.494 e. The number of anilines is 1. The summed E-state index contributed by atoms with van der Waals surface area (Å²) in [4.78, 5) is 5.22. The quantitative estimate of drug-likeness (QED) is 0.429. The molecule has 17 heavy (non-hydrogen) atoms. The highest BCUT2D eigenvalue weighted by Crippen LogP contribution is 2.13. The van der Waals surface area contributed by atoms with E-state index in [0.717, 1.165) is 37.4 Å². The van der Waals surface area contributed by atoms with Gasteiger partial charge in [-0.3, -0.25) is 0 Å². The maximum absolute atomic E-state index is 5.60. The van der Waals surface area contributed by atoms with Crippen molar-refractivity contribution in [3.63, 3.8) is 0 Å². The lowest BCUT2D eigenvalue weighted by atomic mass is 10.3. The first-order valence-corrected chi connectivity index (χ1v) is 6.03. The van der Waals surface area contributed by atoms with Gasteiger partial charge in [-0.1, -0.05) is 6.92 Å². The normalized spacial score (nSPS) is 10.8. The summed E-state index contributed by atoms with van der Waals surface area (Å²) in [6.45, 7) is 4.67. The first kappa shape index (κ1) is 13.8. The van der Waals surface area contributed by atoms with Gasteiger partial charge in [0, 0.05) is 18.8 Å². The van der Waals surface area contributed by atoms with Crippen molar-refractivity contribution in [2.75, 3.05) is 32.5 Å². The number of nitrogens with zero attached hydrogens (tertiary/aromatic N) is 1. The van der Waals surface area contributed by atoms with Crippen molar-refractivity contribution in [2.45, 2.75) is 19.8 Å². The number of rotatable bonds is 8. The molecule has 0 radical (unpaired) electrons. The van der Waals surface area contributed by atoms with Crippen molar-refractivity contribution >= 4 is 5.69 Å². The van der Waals surface area contributed by atoms with Crippen molar-refractivity contribution in [1.82, 2.24) is 5.06 Å². The molecule has 0 aliphatic heterocycles. The van der Waals surface area contributed by atoms with Crippen LogP contribution in [0.2, 0.25) is 0 Å². The number of benzene rings is 1.